The van der Waals surface area contributed by atoms with Gasteiger partial charge in [-0.2, -0.15) is 5.06 Å². The number of nitrogens with zero attached hydrogens (tertiary/aromatic N) is 1. The molecule has 1 aliphatic rings. The van der Waals surface area contributed by atoms with E-state index in [1.54, 1.807) is 7.11 Å². The van der Waals surface area contributed by atoms with Gasteiger partial charge in [-0.3, -0.25) is 4.99 Å². The van der Waals surface area contributed by atoms with E-state index in [4.69, 9.17) is 4.84 Å². The predicted molar refractivity (Wildman–Crippen MR) is 39.7 cm³/mol. The van der Waals surface area contributed by atoms with Crippen molar-refractivity contribution in [3.05, 3.63) is 11.4 Å². The van der Waals surface area contributed by atoms with Crippen LogP contribution in [0.1, 0.15) is 13.8 Å². The molecule has 0 aromatic carbocycles. The van der Waals surface area contributed by atoms with Gasteiger partial charge in [0.25, 0.3) is 0 Å². The lowest BCUT2D eigenvalue weighted by molar-refractivity contribution is -1.05. The smallest absolute Gasteiger partial charge is 0.158 e. The Kier molecular flexibility index (Phi) is 2.19. The van der Waals surface area contributed by atoms with E-state index < -0.39 is 0 Å². The fourth-order valence-electron chi connectivity index (χ4n) is 0.954. The van der Waals surface area contributed by atoms with Crippen LogP contribution in [0.2, 0.25) is 0 Å². The fraction of sp³-hybridized carbons (Fsp3) is 0.571. The molecule has 1 rings (SSSR count). The number of allylic oxidation sites excluding steroid dienone is 2. The predicted octanol–water partition coefficient (Wildman–Crippen LogP) is -0.231. The van der Waals surface area contributed by atoms with Gasteiger partial charge in [-0.15, -0.1) is 0 Å². The molecule has 0 bridgehead atoms. The molecular formula is C7H13N2O+. The molecule has 0 saturated carbocycles. The molecule has 0 aliphatic carbocycles. The molecule has 1 unspecified atom stereocenters. The Morgan fingerprint density at radius 3 is 2.80 bits per heavy atom. The molecule has 0 saturated heterocycles. The van der Waals surface area contributed by atoms with Crippen molar-refractivity contribution in [1.29, 1.82) is 0 Å². The Labute approximate surface area is 61.0 Å². The van der Waals surface area contributed by atoms with Crippen molar-refractivity contribution in [1.82, 2.24) is 0 Å². The van der Waals surface area contributed by atoms with Crippen molar-refractivity contribution in [2.24, 2.45) is 4.99 Å². The van der Waals surface area contributed by atoms with Crippen molar-refractivity contribution >= 4 is 6.21 Å². The zero-order valence-electron chi connectivity index (χ0n) is 6.64. The summed E-state index contributed by atoms with van der Waals surface area (Å²) in [5, 5.41) is 1.03. The maximum absolute atomic E-state index is 5.14. The third-order valence-electron chi connectivity index (χ3n) is 1.77. The first-order valence-electron chi connectivity index (χ1n) is 3.36. The first kappa shape index (κ1) is 7.44. The third-order valence-corrected chi connectivity index (χ3v) is 1.77. The summed E-state index contributed by atoms with van der Waals surface area (Å²) < 4.78 is 0. The summed E-state index contributed by atoms with van der Waals surface area (Å²) in [7, 11) is 1.70. The van der Waals surface area contributed by atoms with Gasteiger partial charge in [-0.25, -0.2) is 4.84 Å². The summed E-state index contributed by atoms with van der Waals surface area (Å²) in [5.74, 6) is 0. The zero-order chi connectivity index (χ0) is 7.56. The van der Waals surface area contributed by atoms with Crippen LogP contribution in [0.3, 0.4) is 0 Å². The van der Waals surface area contributed by atoms with Crippen molar-refractivity contribution < 1.29 is 9.90 Å². The Bertz CT molecular complexity index is 184. The SMILES string of the molecule is CO[NH+]1CC=NC(C)=C1C. The number of hydroxylamine groups is 2. The van der Waals surface area contributed by atoms with E-state index in [1.807, 2.05) is 20.1 Å². The zero-order valence-corrected chi connectivity index (χ0v) is 6.64. The minimum absolute atomic E-state index is 0.833. The Morgan fingerprint density at radius 1 is 1.60 bits per heavy atom. The number of hydrogen-bond acceptors (Lipinski definition) is 2. The van der Waals surface area contributed by atoms with E-state index in [2.05, 4.69) is 4.99 Å². The molecule has 1 aliphatic heterocycles. The summed E-state index contributed by atoms with van der Waals surface area (Å²) >= 11 is 0. The summed E-state index contributed by atoms with van der Waals surface area (Å²) in [6.45, 7) is 4.86. The quantitative estimate of drug-likeness (QED) is 0.536. The number of rotatable bonds is 1. The van der Waals surface area contributed by atoms with Crippen molar-refractivity contribution in [2.75, 3.05) is 13.7 Å². The van der Waals surface area contributed by atoms with Crippen LogP contribution in [0, 0.1) is 0 Å². The van der Waals surface area contributed by atoms with E-state index in [0.717, 1.165) is 17.3 Å². The van der Waals surface area contributed by atoms with Gasteiger partial charge in [-0.1, -0.05) is 0 Å². The van der Waals surface area contributed by atoms with Crippen LogP contribution in [0.4, 0.5) is 0 Å². The lowest BCUT2D eigenvalue weighted by Gasteiger charge is -2.16. The molecule has 3 nitrogen and oxygen atoms in total. The second kappa shape index (κ2) is 2.94. The third kappa shape index (κ3) is 1.25. The van der Waals surface area contributed by atoms with E-state index in [9.17, 15) is 0 Å². The average molecular weight is 141 g/mol. The van der Waals surface area contributed by atoms with Crippen molar-refractivity contribution in [3.8, 4) is 0 Å². The maximum atomic E-state index is 5.14. The van der Waals surface area contributed by atoms with Crippen LogP contribution in [-0.2, 0) is 4.84 Å². The van der Waals surface area contributed by atoms with Crippen LogP contribution < -0.4 is 5.06 Å². The topological polar surface area (TPSA) is 26.0 Å². The van der Waals surface area contributed by atoms with Crippen LogP contribution >= 0.6 is 0 Å². The molecular weight excluding hydrogens is 128 g/mol. The molecule has 0 spiro atoms. The highest BCUT2D eigenvalue weighted by molar-refractivity contribution is 5.60. The fourth-order valence-corrected chi connectivity index (χ4v) is 0.954. The van der Waals surface area contributed by atoms with Crippen molar-refractivity contribution in [2.45, 2.75) is 13.8 Å². The molecule has 10 heavy (non-hydrogen) atoms. The normalized spacial score (nSPS) is 25.7. The maximum Gasteiger partial charge on any atom is 0.158 e. The second-order valence-corrected chi connectivity index (χ2v) is 2.35. The van der Waals surface area contributed by atoms with Gasteiger partial charge in [0, 0.05) is 6.92 Å². The Hall–Kier alpha value is -0.670. The van der Waals surface area contributed by atoms with Gasteiger partial charge in [0.15, 0.2) is 5.70 Å². The standard InChI is InChI=1S/C7H12N2O/c1-6-7(2)9(10-3)5-4-8-6/h4H,5H2,1-3H3/p+1. The van der Waals surface area contributed by atoms with E-state index in [1.165, 1.54) is 5.70 Å². The highest BCUT2D eigenvalue weighted by atomic mass is 16.7. The first-order valence-corrected chi connectivity index (χ1v) is 3.36. The highest BCUT2D eigenvalue weighted by Crippen LogP contribution is 1.99. The number of nitrogens with one attached hydrogen (secondary N) is 1. The lowest BCUT2D eigenvalue weighted by atomic mass is 10.3. The molecule has 0 amide bonds. The lowest BCUT2D eigenvalue weighted by Crippen LogP contribution is -3.09. The summed E-state index contributed by atoms with van der Waals surface area (Å²) in [6, 6.07) is 0. The monoisotopic (exact) mass is 141 g/mol. The molecule has 1 heterocycles. The van der Waals surface area contributed by atoms with Gasteiger partial charge in [0.05, 0.1) is 19.0 Å². The minimum Gasteiger partial charge on any atom is -0.254 e. The van der Waals surface area contributed by atoms with E-state index >= 15 is 0 Å². The minimum atomic E-state index is 0.833. The molecule has 3 heteroatoms. The molecule has 1 N–H and O–H groups in total. The van der Waals surface area contributed by atoms with Crippen LogP contribution in [0.25, 0.3) is 0 Å². The highest BCUT2D eigenvalue weighted by Gasteiger charge is 2.15. The molecule has 1 atom stereocenters. The summed E-state index contributed by atoms with van der Waals surface area (Å²) in [6.07, 6.45) is 1.88. The van der Waals surface area contributed by atoms with E-state index in [-0.39, 0.29) is 0 Å². The molecule has 0 fully saturated rings. The largest absolute Gasteiger partial charge is 0.254 e. The molecule has 0 radical (unpaired) electrons. The molecule has 56 valence electrons. The van der Waals surface area contributed by atoms with Gasteiger partial charge >= 0.3 is 0 Å². The van der Waals surface area contributed by atoms with Crippen LogP contribution in [-0.4, -0.2) is 19.9 Å². The van der Waals surface area contributed by atoms with Gasteiger partial charge in [0.1, 0.15) is 6.54 Å². The van der Waals surface area contributed by atoms with Crippen LogP contribution in [0.5, 0.6) is 0 Å². The average Bonchev–Trinajstić information content (AvgIpc) is 1.95. The second-order valence-electron chi connectivity index (χ2n) is 2.35. The number of quaternary nitrogens is 1. The number of aliphatic imine (C=N–C) groups is 1. The van der Waals surface area contributed by atoms with E-state index in [0.29, 0.717) is 0 Å². The summed E-state index contributed by atoms with van der Waals surface area (Å²) in [5.41, 5.74) is 2.23. The Balaban J connectivity index is 2.77. The first-order chi connectivity index (χ1) is 4.75. The van der Waals surface area contributed by atoms with Gasteiger partial charge in [0.2, 0.25) is 0 Å². The van der Waals surface area contributed by atoms with Crippen molar-refractivity contribution in [3.63, 3.8) is 0 Å². The number of hydrogen-bond donors (Lipinski definition) is 1. The van der Waals surface area contributed by atoms with Gasteiger partial charge < -0.3 is 0 Å². The Morgan fingerprint density at radius 2 is 2.30 bits per heavy atom. The molecule has 0 aromatic heterocycles. The van der Waals surface area contributed by atoms with Crippen LogP contribution in [0.15, 0.2) is 16.4 Å². The van der Waals surface area contributed by atoms with Gasteiger partial charge in [-0.05, 0) is 6.92 Å². The molecule has 0 aromatic rings. The summed E-state index contributed by atoms with van der Waals surface area (Å²) in [4.78, 5) is 9.30.